The van der Waals surface area contributed by atoms with Crippen LogP contribution in [-0.2, 0) is 11.3 Å². The number of fused-ring (bicyclic) bond motifs is 1. The smallest absolute Gasteiger partial charge is 0.265 e. The van der Waals surface area contributed by atoms with Crippen molar-refractivity contribution in [3.8, 4) is 5.75 Å². The molecule has 0 aromatic heterocycles. The van der Waals surface area contributed by atoms with E-state index in [2.05, 4.69) is 31.2 Å². The number of anilines is 1. The third-order valence-corrected chi connectivity index (χ3v) is 3.52. The molecule has 1 amide bonds. The fourth-order valence-corrected chi connectivity index (χ4v) is 2.36. The van der Waals surface area contributed by atoms with Crippen molar-refractivity contribution in [2.24, 2.45) is 0 Å². The maximum Gasteiger partial charge on any atom is 0.265 e. The van der Waals surface area contributed by atoms with Crippen LogP contribution in [0.25, 0.3) is 0 Å². The van der Waals surface area contributed by atoms with Crippen LogP contribution in [0, 0.1) is 13.8 Å². The number of hydrogen-bond donors (Lipinski definition) is 0. The lowest BCUT2D eigenvalue weighted by atomic mass is 10.1. The highest BCUT2D eigenvalue weighted by Crippen LogP contribution is 2.33. The lowest BCUT2D eigenvalue weighted by molar-refractivity contribution is -0.121. The summed E-state index contributed by atoms with van der Waals surface area (Å²) in [6.45, 7) is 4.77. The van der Waals surface area contributed by atoms with Crippen molar-refractivity contribution in [1.29, 1.82) is 0 Å². The van der Waals surface area contributed by atoms with E-state index in [1.165, 1.54) is 5.56 Å². The molecular formula is C17H17NO2. The van der Waals surface area contributed by atoms with Gasteiger partial charge < -0.3 is 9.64 Å². The summed E-state index contributed by atoms with van der Waals surface area (Å²) in [7, 11) is 0. The average molecular weight is 267 g/mol. The summed E-state index contributed by atoms with van der Waals surface area (Å²) in [5.74, 6) is 0.783. The highest BCUT2D eigenvalue weighted by atomic mass is 16.5. The molecule has 2 aromatic rings. The van der Waals surface area contributed by atoms with Gasteiger partial charge in [0.05, 0.1) is 12.2 Å². The number of ether oxygens (including phenoxy) is 1. The first-order valence-corrected chi connectivity index (χ1v) is 6.73. The molecule has 20 heavy (non-hydrogen) atoms. The van der Waals surface area contributed by atoms with Gasteiger partial charge in [0.15, 0.2) is 6.61 Å². The van der Waals surface area contributed by atoms with Gasteiger partial charge in [-0.15, -0.1) is 0 Å². The Morgan fingerprint density at radius 1 is 1.05 bits per heavy atom. The predicted molar refractivity (Wildman–Crippen MR) is 79.0 cm³/mol. The van der Waals surface area contributed by atoms with Crippen molar-refractivity contribution in [2.45, 2.75) is 20.4 Å². The number of amides is 1. The maximum atomic E-state index is 12.1. The molecule has 0 radical (unpaired) electrons. The number of rotatable bonds is 2. The Bertz CT molecular complexity index is 647. The van der Waals surface area contributed by atoms with Gasteiger partial charge in [0.2, 0.25) is 0 Å². The van der Waals surface area contributed by atoms with Gasteiger partial charge in [-0.3, -0.25) is 4.79 Å². The van der Waals surface area contributed by atoms with E-state index in [0.29, 0.717) is 6.54 Å². The van der Waals surface area contributed by atoms with Gasteiger partial charge in [0.25, 0.3) is 5.91 Å². The topological polar surface area (TPSA) is 29.5 Å². The summed E-state index contributed by atoms with van der Waals surface area (Å²) in [6.07, 6.45) is 0. The van der Waals surface area contributed by atoms with E-state index >= 15 is 0 Å². The van der Waals surface area contributed by atoms with Crippen LogP contribution >= 0.6 is 0 Å². The Kier molecular flexibility index (Phi) is 3.18. The Labute approximate surface area is 118 Å². The highest BCUT2D eigenvalue weighted by Gasteiger charge is 2.25. The van der Waals surface area contributed by atoms with Gasteiger partial charge in [0.1, 0.15) is 5.75 Å². The Morgan fingerprint density at radius 2 is 1.75 bits per heavy atom. The van der Waals surface area contributed by atoms with Gasteiger partial charge in [-0.05, 0) is 37.1 Å². The second-order valence-electron chi connectivity index (χ2n) is 5.23. The van der Waals surface area contributed by atoms with E-state index in [-0.39, 0.29) is 12.5 Å². The molecule has 3 rings (SSSR count). The molecule has 0 bridgehead atoms. The van der Waals surface area contributed by atoms with Gasteiger partial charge in [-0.1, -0.05) is 35.9 Å². The monoisotopic (exact) mass is 267 g/mol. The minimum Gasteiger partial charge on any atom is -0.482 e. The zero-order valence-electron chi connectivity index (χ0n) is 11.7. The minimum absolute atomic E-state index is 0.00340. The SMILES string of the molecule is Cc1ccc(CN2C(=O)COc3ccc(C)cc32)cc1. The van der Waals surface area contributed by atoms with Gasteiger partial charge in [-0.25, -0.2) is 0 Å². The maximum absolute atomic E-state index is 12.1. The first kappa shape index (κ1) is 12.7. The first-order valence-electron chi connectivity index (χ1n) is 6.73. The van der Waals surface area contributed by atoms with Crippen LogP contribution in [0.1, 0.15) is 16.7 Å². The average Bonchev–Trinajstić information content (AvgIpc) is 2.44. The number of hydrogen-bond acceptors (Lipinski definition) is 2. The van der Waals surface area contributed by atoms with E-state index in [1.54, 1.807) is 4.90 Å². The molecule has 0 saturated heterocycles. The normalized spacial score (nSPS) is 13.9. The second kappa shape index (κ2) is 5.00. The van der Waals surface area contributed by atoms with Crippen molar-refractivity contribution >= 4 is 11.6 Å². The van der Waals surface area contributed by atoms with Gasteiger partial charge in [-0.2, -0.15) is 0 Å². The predicted octanol–water partition coefficient (Wildman–Crippen LogP) is 3.23. The van der Waals surface area contributed by atoms with Crippen molar-refractivity contribution in [2.75, 3.05) is 11.5 Å². The van der Waals surface area contributed by atoms with Crippen molar-refractivity contribution < 1.29 is 9.53 Å². The number of nitrogens with zero attached hydrogens (tertiary/aromatic N) is 1. The third kappa shape index (κ3) is 2.39. The molecule has 3 heteroatoms. The number of aryl methyl sites for hydroxylation is 2. The molecule has 102 valence electrons. The Hall–Kier alpha value is -2.29. The molecule has 3 nitrogen and oxygen atoms in total. The zero-order valence-corrected chi connectivity index (χ0v) is 11.7. The largest absolute Gasteiger partial charge is 0.482 e. The fraction of sp³-hybridized carbons (Fsp3) is 0.235. The van der Waals surface area contributed by atoms with Crippen molar-refractivity contribution in [3.05, 3.63) is 59.2 Å². The van der Waals surface area contributed by atoms with Crippen LogP contribution in [0.5, 0.6) is 5.75 Å². The van der Waals surface area contributed by atoms with Crippen LogP contribution in [0.3, 0.4) is 0 Å². The van der Waals surface area contributed by atoms with E-state index in [0.717, 1.165) is 22.6 Å². The molecule has 1 heterocycles. The standard InChI is InChI=1S/C17H17NO2/c1-12-3-6-14(7-4-12)10-18-15-9-13(2)5-8-16(15)20-11-17(18)19/h3-9H,10-11H2,1-2H3. The van der Waals surface area contributed by atoms with E-state index in [1.807, 2.05) is 25.1 Å². The quantitative estimate of drug-likeness (QED) is 0.836. The molecule has 2 aromatic carbocycles. The number of carbonyl (C=O) groups is 1. The number of carbonyl (C=O) groups excluding carboxylic acids is 1. The summed E-state index contributed by atoms with van der Waals surface area (Å²) in [5.41, 5.74) is 4.33. The third-order valence-electron chi connectivity index (χ3n) is 3.52. The minimum atomic E-state index is 0.00340. The molecule has 0 saturated carbocycles. The molecule has 1 aliphatic heterocycles. The van der Waals surface area contributed by atoms with Crippen molar-refractivity contribution in [1.82, 2.24) is 0 Å². The molecule has 1 aliphatic rings. The summed E-state index contributed by atoms with van der Waals surface area (Å²) in [4.78, 5) is 13.9. The van der Waals surface area contributed by atoms with Gasteiger partial charge >= 0.3 is 0 Å². The van der Waals surface area contributed by atoms with E-state index in [9.17, 15) is 4.79 Å². The molecule has 0 fully saturated rings. The first-order chi connectivity index (χ1) is 9.63. The summed E-state index contributed by atoms with van der Waals surface area (Å²) < 4.78 is 5.49. The highest BCUT2D eigenvalue weighted by molar-refractivity contribution is 5.97. The molecule has 0 spiro atoms. The Morgan fingerprint density at radius 3 is 2.50 bits per heavy atom. The Balaban J connectivity index is 1.94. The van der Waals surface area contributed by atoms with E-state index < -0.39 is 0 Å². The van der Waals surface area contributed by atoms with E-state index in [4.69, 9.17) is 4.74 Å². The van der Waals surface area contributed by atoms with Crippen LogP contribution in [0.2, 0.25) is 0 Å². The summed E-state index contributed by atoms with van der Waals surface area (Å²) in [5, 5.41) is 0. The van der Waals surface area contributed by atoms with Crippen LogP contribution in [-0.4, -0.2) is 12.5 Å². The lowest BCUT2D eigenvalue weighted by Gasteiger charge is -2.29. The second-order valence-corrected chi connectivity index (χ2v) is 5.23. The van der Waals surface area contributed by atoms with Crippen LogP contribution < -0.4 is 9.64 Å². The molecule has 0 aliphatic carbocycles. The summed E-state index contributed by atoms with van der Waals surface area (Å²) >= 11 is 0. The molecule has 0 unspecified atom stereocenters. The molecular weight excluding hydrogens is 250 g/mol. The van der Waals surface area contributed by atoms with Gasteiger partial charge in [0, 0.05) is 0 Å². The molecule has 0 N–H and O–H groups in total. The molecule has 0 atom stereocenters. The zero-order chi connectivity index (χ0) is 14.1. The number of benzene rings is 2. The lowest BCUT2D eigenvalue weighted by Crippen LogP contribution is -2.38. The van der Waals surface area contributed by atoms with Crippen LogP contribution in [0.4, 0.5) is 5.69 Å². The van der Waals surface area contributed by atoms with Crippen molar-refractivity contribution in [3.63, 3.8) is 0 Å². The van der Waals surface area contributed by atoms with Crippen LogP contribution in [0.15, 0.2) is 42.5 Å². The fourth-order valence-electron chi connectivity index (χ4n) is 2.36. The summed E-state index contributed by atoms with van der Waals surface area (Å²) in [6, 6.07) is 14.2.